The van der Waals surface area contributed by atoms with E-state index in [1.807, 2.05) is 16.5 Å². The van der Waals surface area contributed by atoms with Crippen molar-refractivity contribution in [2.45, 2.75) is 57.9 Å². The monoisotopic (exact) mass is 354 g/mol. The number of piperidine rings is 1. The van der Waals surface area contributed by atoms with Gasteiger partial charge in [0.2, 0.25) is 0 Å². The van der Waals surface area contributed by atoms with E-state index < -0.39 is 0 Å². The molecule has 138 valence electrons. The lowest BCUT2D eigenvalue weighted by Crippen LogP contribution is -2.39. The van der Waals surface area contributed by atoms with Gasteiger partial charge in [0.05, 0.1) is 17.6 Å². The Morgan fingerprint density at radius 2 is 1.88 bits per heavy atom. The molecule has 0 unspecified atom stereocenters. The number of aryl methyl sites for hydroxylation is 1. The number of likely N-dealkylation sites (tertiary alicyclic amines) is 1. The van der Waals surface area contributed by atoms with Gasteiger partial charge in [-0.2, -0.15) is 0 Å². The number of hydrogen-bond donors (Lipinski definition) is 0. The molecule has 1 aliphatic heterocycles. The number of amides is 1. The second-order valence-corrected chi connectivity index (χ2v) is 7.63. The molecule has 7 nitrogen and oxygen atoms in total. The van der Waals surface area contributed by atoms with Gasteiger partial charge in [-0.25, -0.2) is 4.98 Å². The Kier molecular flexibility index (Phi) is 4.95. The van der Waals surface area contributed by atoms with Crippen LogP contribution in [0.5, 0.6) is 0 Å². The van der Waals surface area contributed by atoms with E-state index in [9.17, 15) is 4.79 Å². The zero-order valence-electron chi connectivity index (χ0n) is 15.3. The van der Waals surface area contributed by atoms with Gasteiger partial charge in [-0.1, -0.05) is 18.1 Å². The topological polar surface area (TPSA) is 76.8 Å². The molecule has 7 heteroatoms. The molecule has 0 aromatic carbocycles. The number of rotatable bonds is 4. The first-order chi connectivity index (χ1) is 12.7. The fourth-order valence-corrected chi connectivity index (χ4v) is 4.06. The summed E-state index contributed by atoms with van der Waals surface area (Å²) in [6, 6.07) is 0. The van der Waals surface area contributed by atoms with Crippen LogP contribution in [0, 0.1) is 12.8 Å². The normalized spacial score (nSPS) is 19.2. The summed E-state index contributed by atoms with van der Waals surface area (Å²) in [5.41, 5.74) is 2.42. The minimum atomic E-state index is -0.0137. The van der Waals surface area contributed by atoms with E-state index >= 15 is 0 Å². The van der Waals surface area contributed by atoms with Crippen LogP contribution in [0.2, 0.25) is 0 Å². The van der Waals surface area contributed by atoms with E-state index in [2.05, 4.69) is 26.5 Å². The number of aromatic nitrogens is 5. The van der Waals surface area contributed by atoms with Crippen LogP contribution in [0.25, 0.3) is 0 Å². The molecule has 0 radical (unpaired) electrons. The van der Waals surface area contributed by atoms with Crippen LogP contribution in [0.1, 0.15) is 66.3 Å². The van der Waals surface area contributed by atoms with Crippen LogP contribution in [-0.4, -0.2) is 48.9 Å². The molecule has 0 bridgehead atoms. The number of nitrogens with zero attached hydrogens (tertiary/aromatic N) is 6. The average molecular weight is 354 g/mol. The van der Waals surface area contributed by atoms with Crippen molar-refractivity contribution in [1.29, 1.82) is 0 Å². The molecule has 3 heterocycles. The third-order valence-corrected chi connectivity index (χ3v) is 5.68. The Bertz CT molecular complexity index is 742. The van der Waals surface area contributed by atoms with E-state index in [1.165, 1.54) is 25.7 Å². The highest BCUT2D eigenvalue weighted by atomic mass is 16.2. The Morgan fingerprint density at radius 1 is 1.12 bits per heavy atom. The van der Waals surface area contributed by atoms with Crippen LogP contribution in [0.15, 0.2) is 18.6 Å². The number of hydrogen-bond acceptors (Lipinski definition) is 5. The molecule has 26 heavy (non-hydrogen) atoms. The molecule has 0 atom stereocenters. The molecule has 2 aromatic heterocycles. The van der Waals surface area contributed by atoms with Crippen LogP contribution in [0.3, 0.4) is 0 Å². The quantitative estimate of drug-likeness (QED) is 0.843. The molecule has 2 fully saturated rings. The van der Waals surface area contributed by atoms with Crippen molar-refractivity contribution in [3.8, 4) is 0 Å². The average Bonchev–Trinajstić information content (AvgIpc) is 3.34. The molecule has 1 aliphatic carbocycles. The molecule has 0 N–H and O–H groups in total. The summed E-state index contributed by atoms with van der Waals surface area (Å²) in [5.74, 6) is 1.14. The van der Waals surface area contributed by atoms with Crippen molar-refractivity contribution in [3.63, 3.8) is 0 Å². The lowest BCUT2D eigenvalue weighted by molar-refractivity contribution is 0.0674. The maximum absolute atomic E-state index is 12.5. The van der Waals surface area contributed by atoms with Gasteiger partial charge in [0, 0.05) is 37.9 Å². The predicted octanol–water partition coefficient (Wildman–Crippen LogP) is 2.59. The van der Waals surface area contributed by atoms with Crippen LogP contribution < -0.4 is 0 Å². The summed E-state index contributed by atoms with van der Waals surface area (Å²) in [6.07, 6.45) is 12.5. The first kappa shape index (κ1) is 17.1. The third-order valence-electron chi connectivity index (χ3n) is 5.68. The standard InChI is InChI=1S/C19H26N6O/c1-14-10-21-17(11-20-14)19(26)24-8-6-15(7-9-24)12-25-13-18(22-23-25)16-4-2-3-5-16/h10-11,13,15-16H,2-9,12H2,1H3. The van der Waals surface area contributed by atoms with Gasteiger partial charge in [0.15, 0.2) is 0 Å². The van der Waals surface area contributed by atoms with Crippen LogP contribution in [-0.2, 0) is 6.54 Å². The Hall–Kier alpha value is -2.31. The van der Waals surface area contributed by atoms with Crippen molar-refractivity contribution in [2.24, 2.45) is 5.92 Å². The Labute approximate surface area is 153 Å². The third kappa shape index (κ3) is 3.76. The van der Waals surface area contributed by atoms with Gasteiger partial charge in [-0.15, -0.1) is 5.10 Å². The highest BCUT2D eigenvalue weighted by Crippen LogP contribution is 2.32. The molecule has 2 aliphatic rings. The molecule has 1 saturated heterocycles. The highest BCUT2D eigenvalue weighted by molar-refractivity contribution is 5.92. The summed E-state index contributed by atoms with van der Waals surface area (Å²) < 4.78 is 2.00. The molecule has 1 saturated carbocycles. The van der Waals surface area contributed by atoms with Gasteiger partial charge in [-0.3, -0.25) is 14.5 Å². The molecular weight excluding hydrogens is 328 g/mol. The zero-order valence-corrected chi connectivity index (χ0v) is 15.3. The van der Waals surface area contributed by atoms with Gasteiger partial charge in [0.1, 0.15) is 5.69 Å². The van der Waals surface area contributed by atoms with Crippen molar-refractivity contribution < 1.29 is 4.79 Å². The molecule has 4 rings (SSSR count). The molecule has 2 aromatic rings. The largest absolute Gasteiger partial charge is 0.337 e. The molecule has 0 spiro atoms. The van der Waals surface area contributed by atoms with E-state index in [-0.39, 0.29) is 5.91 Å². The summed E-state index contributed by atoms with van der Waals surface area (Å²) >= 11 is 0. The molecular formula is C19H26N6O. The summed E-state index contributed by atoms with van der Waals surface area (Å²) in [6.45, 7) is 4.30. The van der Waals surface area contributed by atoms with Gasteiger partial charge < -0.3 is 4.90 Å². The number of carbonyl (C=O) groups is 1. The highest BCUT2D eigenvalue weighted by Gasteiger charge is 2.26. The van der Waals surface area contributed by atoms with E-state index in [1.54, 1.807) is 12.4 Å². The fourth-order valence-electron chi connectivity index (χ4n) is 4.06. The second kappa shape index (κ2) is 7.51. The summed E-state index contributed by atoms with van der Waals surface area (Å²) in [7, 11) is 0. The predicted molar refractivity (Wildman–Crippen MR) is 96.6 cm³/mol. The lowest BCUT2D eigenvalue weighted by Gasteiger charge is -2.31. The van der Waals surface area contributed by atoms with Crippen molar-refractivity contribution in [2.75, 3.05) is 13.1 Å². The van der Waals surface area contributed by atoms with Crippen molar-refractivity contribution >= 4 is 5.91 Å². The summed E-state index contributed by atoms with van der Waals surface area (Å²) in [5, 5.41) is 8.72. The number of carbonyl (C=O) groups excluding carboxylic acids is 1. The lowest BCUT2D eigenvalue weighted by atomic mass is 9.96. The molecule has 1 amide bonds. The Balaban J connectivity index is 1.29. The smallest absolute Gasteiger partial charge is 0.274 e. The Morgan fingerprint density at radius 3 is 2.58 bits per heavy atom. The SMILES string of the molecule is Cc1cnc(C(=O)N2CCC(Cn3cc(C4CCCC4)nn3)CC2)cn1. The van der Waals surface area contributed by atoms with Crippen molar-refractivity contribution in [1.82, 2.24) is 29.9 Å². The van der Waals surface area contributed by atoms with E-state index in [0.717, 1.165) is 43.9 Å². The van der Waals surface area contributed by atoms with Crippen molar-refractivity contribution in [3.05, 3.63) is 35.7 Å². The minimum Gasteiger partial charge on any atom is -0.337 e. The maximum Gasteiger partial charge on any atom is 0.274 e. The second-order valence-electron chi connectivity index (χ2n) is 7.63. The van der Waals surface area contributed by atoms with Crippen LogP contribution >= 0.6 is 0 Å². The first-order valence-corrected chi connectivity index (χ1v) is 9.67. The van der Waals surface area contributed by atoms with E-state index in [0.29, 0.717) is 17.5 Å². The van der Waals surface area contributed by atoms with Gasteiger partial charge in [-0.05, 0) is 38.5 Å². The van der Waals surface area contributed by atoms with Gasteiger partial charge in [0.25, 0.3) is 5.91 Å². The summed E-state index contributed by atoms with van der Waals surface area (Å²) in [4.78, 5) is 22.8. The van der Waals surface area contributed by atoms with Gasteiger partial charge >= 0.3 is 0 Å². The first-order valence-electron chi connectivity index (χ1n) is 9.67. The van der Waals surface area contributed by atoms with Crippen LogP contribution in [0.4, 0.5) is 0 Å². The maximum atomic E-state index is 12.5. The fraction of sp³-hybridized carbons (Fsp3) is 0.632. The minimum absolute atomic E-state index is 0.0137. The zero-order chi connectivity index (χ0) is 17.9. The van der Waals surface area contributed by atoms with E-state index in [4.69, 9.17) is 0 Å².